The normalized spacial score (nSPS) is 11.2. The number of alkyl halides is 3. The maximum atomic E-state index is 12.8. The molecule has 4 nitrogen and oxygen atoms in total. The highest BCUT2D eigenvalue weighted by atomic mass is 35.5. The number of nitrogens with zero attached hydrogens (tertiary/aromatic N) is 2. The van der Waals surface area contributed by atoms with Crippen LogP contribution in [-0.4, -0.2) is 21.1 Å². The monoisotopic (exact) mass is 410 g/mol. The minimum atomic E-state index is -4.54. The Hall–Kier alpha value is -1.36. The third-order valence-corrected chi connectivity index (χ3v) is 4.98. The molecule has 11 heteroatoms. The molecule has 1 aromatic carbocycles. The molecule has 0 fully saturated rings. The molecule has 0 aliphatic carbocycles. The molecule has 0 aliphatic rings. The van der Waals surface area contributed by atoms with E-state index in [1.807, 2.05) is 0 Å². The molecule has 0 spiro atoms. The van der Waals surface area contributed by atoms with Crippen molar-refractivity contribution < 1.29 is 13.2 Å². The van der Waals surface area contributed by atoms with Gasteiger partial charge in [0.15, 0.2) is 9.45 Å². The van der Waals surface area contributed by atoms with Crippen LogP contribution in [0.4, 0.5) is 24.0 Å². The van der Waals surface area contributed by atoms with Crippen LogP contribution in [0.25, 0.3) is 0 Å². The second-order valence-corrected chi connectivity index (χ2v) is 7.30. The van der Waals surface area contributed by atoms with Gasteiger partial charge >= 0.3 is 6.18 Å². The molecule has 2 N–H and O–H groups in total. The van der Waals surface area contributed by atoms with E-state index >= 15 is 0 Å². The average molecular weight is 411 g/mol. The Labute approximate surface area is 154 Å². The van der Waals surface area contributed by atoms with Crippen molar-refractivity contribution in [1.29, 1.82) is 0 Å². The lowest BCUT2D eigenvalue weighted by molar-refractivity contribution is -0.137. The van der Waals surface area contributed by atoms with Crippen LogP contribution in [0.5, 0.6) is 0 Å². The molecule has 0 amide bonds. The summed E-state index contributed by atoms with van der Waals surface area (Å²) in [6.07, 6.45) is -2.80. The fourth-order valence-corrected chi connectivity index (χ4v) is 3.55. The van der Waals surface area contributed by atoms with Crippen molar-refractivity contribution in [2.45, 2.75) is 10.5 Å². The maximum Gasteiger partial charge on any atom is 0.417 e. The second-order valence-electron chi connectivity index (χ2n) is 4.24. The topological polar surface area (TPSA) is 49.8 Å². The number of benzene rings is 1. The highest BCUT2D eigenvalue weighted by molar-refractivity contribution is 8.01. The smallest absolute Gasteiger partial charge is 0.332 e. The van der Waals surface area contributed by atoms with Gasteiger partial charge in [-0.1, -0.05) is 40.8 Å². The SMILES string of the molecule is C=CCSc1nnc(NC(=S)Nc2ccc(Cl)c(C(F)(F)F)c2)s1. The molecule has 2 aromatic rings. The maximum absolute atomic E-state index is 12.8. The van der Waals surface area contributed by atoms with Crippen molar-refractivity contribution in [3.8, 4) is 0 Å². The molecule has 0 aliphatic heterocycles. The molecule has 24 heavy (non-hydrogen) atoms. The van der Waals surface area contributed by atoms with E-state index in [1.165, 1.54) is 29.2 Å². The van der Waals surface area contributed by atoms with E-state index in [0.29, 0.717) is 10.9 Å². The number of hydrogen-bond acceptors (Lipinski definition) is 5. The van der Waals surface area contributed by atoms with Crippen LogP contribution >= 0.6 is 46.9 Å². The largest absolute Gasteiger partial charge is 0.417 e. The number of halogens is 4. The van der Waals surface area contributed by atoms with Crippen LogP contribution < -0.4 is 10.6 Å². The average Bonchev–Trinajstić information content (AvgIpc) is 2.93. The summed E-state index contributed by atoms with van der Waals surface area (Å²) in [6, 6.07) is 3.45. The lowest BCUT2D eigenvalue weighted by Gasteiger charge is -2.12. The predicted molar refractivity (Wildman–Crippen MR) is 97.1 cm³/mol. The summed E-state index contributed by atoms with van der Waals surface area (Å²) < 4.78 is 39.2. The fraction of sp³-hybridized carbons (Fsp3) is 0.154. The lowest BCUT2D eigenvalue weighted by atomic mass is 10.2. The van der Waals surface area contributed by atoms with Gasteiger partial charge in [0.1, 0.15) is 0 Å². The Morgan fingerprint density at radius 1 is 1.38 bits per heavy atom. The van der Waals surface area contributed by atoms with Gasteiger partial charge in [-0.05, 0) is 30.4 Å². The van der Waals surface area contributed by atoms with Gasteiger partial charge in [0.25, 0.3) is 0 Å². The van der Waals surface area contributed by atoms with E-state index in [-0.39, 0.29) is 15.8 Å². The molecular weight excluding hydrogens is 401 g/mol. The Morgan fingerprint density at radius 2 is 2.12 bits per heavy atom. The van der Waals surface area contributed by atoms with Gasteiger partial charge in [0.2, 0.25) is 5.13 Å². The minimum Gasteiger partial charge on any atom is -0.332 e. The van der Waals surface area contributed by atoms with Crippen molar-refractivity contribution >= 4 is 62.8 Å². The van der Waals surface area contributed by atoms with Gasteiger partial charge < -0.3 is 10.6 Å². The van der Waals surface area contributed by atoms with Crippen LogP contribution in [0, 0.1) is 0 Å². The molecule has 2 rings (SSSR count). The van der Waals surface area contributed by atoms with E-state index in [0.717, 1.165) is 16.5 Å². The van der Waals surface area contributed by atoms with E-state index in [4.69, 9.17) is 23.8 Å². The van der Waals surface area contributed by atoms with Crippen molar-refractivity contribution in [3.05, 3.63) is 41.4 Å². The lowest BCUT2D eigenvalue weighted by Crippen LogP contribution is -2.19. The van der Waals surface area contributed by atoms with Crippen LogP contribution in [-0.2, 0) is 6.18 Å². The molecule has 1 aromatic heterocycles. The van der Waals surface area contributed by atoms with E-state index < -0.39 is 11.7 Å². The Balaban J connectivity index is 2.02. The first kappa shape index (κ1) is 19.0. The number of nitrogens with one attached hydrogen (secondary N) is 2. The van der Waals surface area contributed by atoms with Gasteiger partial charge in [-0.15, -0.1) is 16.8 Å². The standard InChI is InChI=1S/C13H10ClF3N4S3/c1-2-5-23-12-21-20-11(24-12)19-10(22)18-7-3-4-9(14)8(6-7)13(15,16)17/h2-4,6H,1,5H2,(H2,18,19,20,22). The van der Waals surface area contributed by atoms with Crippen molar-refractivity contribution in [3.63, 3.8) is 0 Å². The zero-order chi connectivity index (χ0) is 17.7. The summed E-state index contributed by atoms with van der Waals surface area (Å²) in [5.74, 6) is 0.697. The minimum absolute atomic E-state index is 0.0990. The van der Waals surface area contributed by atoms with E-state index in [2.05, 4.69) is 27.4 Å². The molecule has 0 radical (unpaired) electrons. The Morgan fingerprint density at radius 3 is 2.79 bits per heavy atom. The third-order valence-electron chi connectivity index (χ3n) is 2.48. The van der Waals surface area contributed by atoms with Crippen LogP contribution in [0.3, 0.4) is 0 Å². The first-order chi connectivity index (χ1) is 11.3. The molecule has 0 unspecified atom stereocenters. The summed E-state index contributed by atoms with van der Waals surface area (Å²) in [4.78, 5) is 0. The Kier molecular flexibility index (Phi) is 6.44. The number of thiocarbonyl (C=S) groups is 1. The molecule has 0 atom stereocenters. The highest BCUT2D eigenvalue weighted by Gasteiger charge is 2.33. The molecular formula is C13H10ClF3N4S3. The summed E-state index contributed by atoms with van der Waals surface area (Å²) in [6.45, 7) is 3.61. The first-order valence-electron chi connectivity index (χ1n) is 6.31. The zero-order valence-corrected chi connectivity index (χ0v) is 15.1. The zero-order valence-electron chi connectivity index (χ0n) is 11.9. The molecule has 0 saturated heterocycles. The third kappa shape index (κ3) is 5.33. The second kappa shape index (κ2) is 8.15. The summed E-state index contributed by atoms with van der Waals surface area (Å²) >= 11 is 13.4. The van der Waals surface area contributed by atoms with Gasteiger partial charge in [0, 0.05) is 11.4 Å². The number of hydrogen-bond donors (Lipinski definition) is 2. The first-order valence-corrected chi connectivity index (χ1v) is 8.90. The molecule has 0 saturated carbocycles. The van der Waals surface area contributed by atoms with Crippen molar-refractivity contribution in [2.24, 2.45) is 0 Å². The fourth-order valence-electron chi connectivity index (χ4n) is 1.53. The Bertz CT molecular complexity index is 748. The van der Waals surface area contributed by atoms with Crippen LogP contribution in [0.2, 0.25) is 5.02 Å². The van der Waals surface area contributed by atoms with E-state index in [1.54, 1.807) is 6.08 Å². The van der Waals surface area contributed by atoms with Crippen molar-refractivity contribution in [2.75, 3.05) is 16.4 Å². The van der Waals surface area contributed by atoms with Crippen molar-refractivity contribution in [1.82, 2.24) is 10.2 Å². The number of aromatic nitrogens is 2. The van der Waals surface area contributed by atoms with Gasteiger partial charge in [-0.2, -0.15) is 13.2 Å². The van der Waals surface area contributed by atoms with Crippen LogP contribution in [0.15, 0.2) is 35.2 Å². The van der Waals surface area contributed by atoms with Gasteiger partial charge in [0.05, 0.1) is 10.6 Å². The van der Waals surface area contributed by atoms with Gasteiger partial charge in [-0.25, -0.2) is 0 Å². The summed E-state index contributed by atoms with van der Waals surface area (Å²) in [5, 5.41) is 13.4. The number of anilines is 2. The molecule has 1 heterocycles. The van der Waals surface area contributed by atoms with Crippen LogP contribution in [0.1, 0.15) is 5.56 Å². The summed E-state index contributed by atoms with van der Waals surface area (Å²) in [7, 11) is 0. The predicted octanol–water partition coefficient (Wildman–Crippen LogP) is 5.30. The molecule has 0 bridgehead atoms. The summed E-state index contributed by atoms with van der Waals surface area (Å²) in [5.41, 5.74) is -0.772. The number of thioether (sulfide) groups is 1. The van der Waals surface area contributed by atoms with E-state index in [9.17, 15) is 13.2 Å². The highest BCUT2D eigenvalue weighted by Crippen LogP contribution is 2.36. The van der Waals surface area contributed by atoms with Gasteiger partial charge in [-0.3, -0.25) is 0 Å². The quantitative estimate of drug-likeness (QED) is 0.396. The molecule has 128 valence electrons. The number of rotatable bonds is 5.